The summed E-state index contributed by atoms with van der Waals surface area (Å²) in [5.41, 5.74) is 1.86. The van der Waals surface area contributed by atoms with E-state index >= 15 is 0 Å². The topological polar surface area (TPSA) is 56.1 Å². The smallest absolute Gasteiger partial charge is 0.257 e. The van der Waals surface area contributed by atoms with Gasteiger partial charge in [0.2, 0.25) is 0 Å². The molecule has 0 aliphatic carbocycles. The van der Waals surface area contributed by atoms with E-state index in [1.165, 1.54) is 0 Å². The standard InChI is InChI=1S/C13H15N3O2/c1-14-13(17)9-18-12-6-4-3-5-10(12)11-7-8-15-16(11)2/h3-8H,9H2,1-2H3,(H,14,17). The van der Waals surface area contributed by atoms with Gasteiger partial charge in [-0.15, -0.1) is 0 Å². The minimum Gasteiger partial charge on any atom is -0.483 e. The van der Waals surface area contributed by atoms with Crippen molar-refractivity contribution < 1.29 is 9.53 Å². The van der Waals surface area contributed by atoms with Crippen LogP contribution in [0.25, 0.3) is 11.3 Å². The molecule has 1 aromatic heterocycles. The van der Waals surface area contributed by atoms with Crippen molar-refractivity contribution in [2.75, 3.05) is 13.7 Å². The zero-order chi connectivity index (χ0) is 13.0. The Morgan fingerprint density at radius 2 is 2.17 bits per heavy atom. The van der Waals surface area contributed by atoms with E-state index in [9.17, 15) is 4.79 Å². The number of nitrogens with one attached hydrogen (secondary N) is 1. The Bertz CT molecular complexity index is 549. The predicted molar refractivity (Wildman–Crippen MR) is 68.2 cm³/mol. The van der Waals surface area contributed by atoms with E-state index in [-0.39, 0.29) is 12.5 Å². The number of hydrogen-bond donors (Lipinski definition) is 1. The van der Waals surface area contributed by atoms with Crippen molar-refractivity contribution in [1.82, 2.24) is 15.1 Å². The molecule has 18 heavy (non-hydrogen) atoms. The van der Waals surface area contributed by atoms with E-state index in [0.29, 0.717) is 5.75 Å². The molecule has 0 unspecified atom stereocenters. The molecule has 0 saturated heterocycles. The molecule has 0 radical (unpaired) electrons. The van der Waals surface area contributed by atoms with Gasteiger partial charge in [0.1, 0.15) is 5.75 Å². The fraction of sp³-hybridized carbons (Fsp3) is 0.231. The molecule has 5 nitrogen and oxygen atoms in total. The third kappa shape index (κ3) is 2.51. The predicted octanol–water partition coefficient (Wildman–Crippen LogP) is 1.21. The number of likely N-dealkylation sites (N-methyl/N-ethyl adjacent to an activating group) is 1. The minimum absolute atomic E-state index is 0.00532. The van der Waals surface area contributed by atoms with Crippen LogP contribution in [-0.4, -0.2) is 29.3 Å². The van der Waals surface area contributed by atoms with Crippen molar-refractivity contribution in [3.05, 3.63) is 36.5 Å². The number of rotatable bonds is 4. The van der Waals surface area contributed by atoms with Gasteiger partial charge in [-0.2, -0.15) is 5.10 Å². The number of para-hydroxylation sites is 1. The number of aryl methyl sites for hydroxylation is 1. The SMILES string of the molecule is CNC(=O)COc1ccccc1-c1ccnn1C. The van der Waals surface area contributed by atoms with E-state index in [4.69, 9.17) is 4.74 Å². The molecular formula is C13H15N3O2. The molecule has 0 aliphatic rings. The van der Waals surface area contributed by atoms with E-state index in [0.717, 1.165) is 11.3 Å². The lowest BCUT2D eigenvalue weighted by Gasteiger charge is -2.10. The van der Waals surface area contributed by atoms with Crippen molar-refractivity contribution in [2.24, 2.45) is 7.05 Å². The fourth-order valence-electron chi connectivity index (χ4n) is 1.66. The summed E-state index contributed by atoms with van der Waals surface area (Å²) in [5, 5.41) is 6.65. The van der Waals surface area contributed by atoms with E-state index in [1.54, 1.807) is 17.9 Å². The maximum atomic E-state index is 11.2. The Balaban J connectivity index is 2.26. The summed E-state index contributed by atoms with van der Waals surface area (Å²) in [6.07, 6.45) is 1.73. The molecule has 0 atom stereocenters. The van der Waals surface area contributed by atoms with E-state index in [2.05, 4.69) is 10.4 Å². The molecule has 2 rings (SSSR count). The van der Waals surface area contributed by atoms with Crippen LogP contribution in [-0.2, 0) is 11.8 Å². The zero-order valence-electron chi connectivity index (χ0n) is 10.4. The molecule has 1 heterocycles. The quantitative estimate of drug-likeness (QED) is 0.881. The van der Waals surface area contributed by atoms with Gasteiger partial charge in [-0.3, -0.25) is 9.48 Å². The van der Waals surface area contributed by atoms with Gasteiger partial charge < -0.3 is 10.1 Å². The monoisotopic (exact) mass is 245 g/mol. The molecule has 1 aromatic carbocycles. The van der Waals surface area contributed by atoms with Crippen molar-refractivity contribution >= 4 is 5.91 Å². The average molecular weight is 245 g/mol. The molecule has 1 amide bonds. The van der Waals surface area contributed by atoms with Gasteiger partial charge in [-0.1, -0.05) is 12.1 Å². The molecule has 0 bridgehead atoms. The highest BCUT2D eigenvalue weighted by Crippen LogP contribution is 2.28. The van der Waals surface area contributed by atoms with Gasteiger partial charge in [-0.25, -0.2) is 0 Å². The Morgan fingerprint density at radius 3 is 2.83 bits per heavy atom. The molecule has 94 valence electrons. The highest BCUT2D eigenvalue weighted by molar-refractivity contribution is 5.77. The number of nitrogens with zero attached hydrogens (tertiary/aromatic N) is 2. The number of hydrogen-bond acceptors (Lipinski definition) is 3. The molecular weight excluding hydrogens is 230 g/mol. The van der Waals surface area contributed by atoms with Gasteiger partial charge in [-0.05, 0) is 18.2 Å². The highest BCUT2D eigenvalue weighted by atomic mass is 16.5. The first kappa shape index (κ1) is 12.2. The zero-order valence-corrected chi connectivity index (χ0v) is 10.4. The lowest BCUT2D eigenvalue weighted by Crippen LogP contribution is -2.24. The number of carbonyl (C=O) groups excluding carboxylic acids is 1. The van der Waals surface area contributed by atoms with E-state index in [1.807, 2.05) is 37.4 Å². The summed E-state index contributed by atoms with van der Waals surface area (Å²) in [5.74, 6) is 0.513. The lowest BCUT2D eigenvalue weighted by atomic mass is 10.1. The number of ether oxygens (including phenoxy) is 1. The summed E-state index contributed by atoms with van der Waals surface area (Å²) < 4.78 is 7.28. The van der Waals surface area contributed by atoms with Crippen LogP contribution in [0, 0.1) is 0 Å². The van der Waals surface area contributed by atoms with Crippen molar-refractivity contribution in [1.29, 1.82) is 0 Å². The highest BCUT2D eigenvalue weighted by Gasteiger charge is 2.10. The molecule has 0 spiro atoms. The summed E-state index contributed by atoms with van der Waals surface area (Å²) in [6, 6.07) is 9.48. The van der Waals surface area contributed by atoms with Crippen molar-refractivity contribution in [3.63, 3.8) is 0 Å². The first-order valence-corrected chi connectivity index (χ1v) is 5.63. The van der Waals surface area contributed by atoms with Crippen LogP contribution in [0.1, 0.15) is 0 Å². The summed E-state index contributed by atoms with van der Waals surface area (Å²) in [4.78, 5) is 11.2. The maximum absolute atomic E-state index is 11.2. The third-order valence-corrected chi connectivity index (χ3v) is 2.62. The van der Waals surface area contributed by atoms with Gasteiger partial charge in [0.15, 0.2) is 6.61 Å². The largest absolute Gasteiger partial charge is 0.483 e. The number of benzene rings is 1. The van der Waals surface area contributed by atoms with Crippen LogP contribution >= 0.6 is 0 Å². The van der Waals surface area contributed by atoms with Crippen LogP contribution in [0.3, 0.4) is 0 Å². The summed E-state index contributed by atoms with van der Waals surface area (Å²) >= 11 is 0. The fourth-order valence-corrected chi connectivity index (χ4v) is 1.66. The number of carbonyl (C=O) groups is 1. The van der Waals surface area contributed by atoms with Crippen LogP contribution in [0.2, 0.25) is 0 Å². The second-order valence-corrected chi connectivity index (χ2v) is 3.80. The van der Waals surface area contributed by atoms with Gasteiger partial charge in [0, 0.05) is 25.9 Å². The first-order valence-electron chi connectivity index (χ1n) is 5.63. The summed E-state index contributed by atoms with van der Waals surface area (Å²) in [7, 11) is 3.45. The van der Waals surface area contributed by atoms with Gasteiger partial charge >= 0.3 is 0 Å². The second-order valence-electron chi connectivity index (χ2n) is 3.80. The first-order chi connectivity index (χ1) is 8.72. The Morgan fingerprint density at radius 1 is 1.39 bits per heavy atom. The van der Waals surface area contributed by atoms with E-state index < -0.39 is 0 Å². The number of aromatic nitrogens is 2. The Kier molecular flexibility index (Phi) is 3.62. The summed E-state index contributed by atoms with van der Waals surface area (Å²) in [6.45, 7) is 0.00532. The van der Waals surface area contributed by atoms with Crippen LogP contribution in [0.4, 0.5) is 0 Å². The van der Waals surface area contributed by atoms with Crippen molar-refractivity contribution in [3.8, 4) is 17.0 Å². The Labute approximate surface area is 105 Å². The Hall–Kier alpha value is -2.30. The third-order valence-electron chi connectivity index (χ3n) is 2.62. The van der Waals surface area contributed by atoms with Gasteiger partial charge in [0.25, 0.3) is 5.91 Å². The lowest BCUT2D eigenvalue weighted by molar-refractivity contribution is -0.122. The second kappa shape index (κ2) is 5.35. The molecule has 2 aromatic rings. The molecule has 0 fully saturated rings. The van der Waals surface area contributed by atoms with Crippen LogP contribution < -0.4 is 10.1 Å². The maximum Gasteiger partial charge on any atom is 0.257 e. The van der Waals surface area contributed by atoms with Crippen LogP contribution in [0.5, 0.6) is 5.75 Å². The molecule has 1 N–H and O–H groups in total. The number of amides is 1. The molecule has 5 heteroatoms. The molecule has 0 aliphatic heterocycles. The molecule has 0 saturated carbocycles. The minimum atomic E-state index is -0.158. The van der Waals surface area contributed by atoms with Crippen molar-refractivity contribution in [2.45, 2.75) is 0 Å². The van der Waals surface area contributed by atoms with Crippen LogP contribution in [0.15, 0.2) is 36.5 Å². The average Bonchev–Trinajstić information content (AvgIpc) is 2.82. The normalized spacial score (nSPS) is 10.1. The van der Waals surface area contributed by atoms with Gasteiger partial charge in [0.05, 0.1) is 5.69 Å².